The minimum absolute atomic E-state index is 0.0695. The molecule has 0 fully saturated rings. The van der Waals surface area contributed by atoms with Crippen LogP contribution >= 0.6 is 11.8 Å². The number of hydrogen-bond donors (Lipinski definition) is 1. The molecule has 1 N–H and O–H groups in total. The van der Waals surface area contributed by atoms with Crippen molar-refractivity contribution in [2.45, 2.75) is 30.8 Å². The molecule has 4 aromatic rings. The normalized spacial score (nSPS) is 12.1. The average Bonchev–Trinajstić information content (AvgIpc) is 3.17. The minimum Gasteiger partial charge on any atom is -0.325 e. The van der Waals surface area contributed by atoms with Crippen molar-refractivity contribution in [3.05, 3.63) is 67.0 Å². The van der Waals surface area contributed by atoms with Crippen molar-refractivity contribution in [1.82, 2.24) is 19.7 Å². The molecular formula is C22H21N5OS. The molecule has 2 aromatic carbocycles. The van der Waals surface area contributed by atoms with E-state index in [1.54, 1.807) is 12.4 Å². The molecule has 0 aliphatic rings. The Morgan fingerprint density at radius 3 is 2.72 bits per heavy atom. The monoisotopic (exact) mass is 403 g/mol. The molecule has 2 heterocycles. The smallest absolute Gasteiger partial charge is 0.237 e. The minimum atomic E-state index is -0.329. The lowest BCUT2D eigenvalue weighted by Crippen LogP contribution is -2.23. The van der Waals surface area contributed by atoms with Gasteiger partial charge < -0.3 is 9.88 Å². The second-order valence-electron chi connectivity index (χ2n) is 6.57. The van der Waals surface area contributed by atoms with Gasteiger partial charge >= 0.3 is 0 Å². The Morgan fingerprint density at radius 2 is 1.93 bits per heavy atom. The molecule has 0 aliphatic carbocycles. The van der Waals surface area contributed by atoms with Crippen molar-refractivity contribution >= 4 is 34.1 Å². The number of hydrogen-bond acceptors (Lipinski definition) is 5. The highest BCUT2D eigenvalue weighted by Gasteiger charge is 2.21. The van der Waals surface area contributed by atoms with Gasteiger partial charge in [-0.1, -0.05) is 48.2 Å². The average molecular weight is 404 g/mol. The Balaban J connectivity index is 1.53. The van der Waals surface area contributed by atoms with E-state index in [1.807, 2.05) is 73.0 Å². The molecule has 6 nitrogen and oxygen atoms in total. The standard InChI is InChI=1S/C22H21N5OS/c1-3-27-20(17-10-7-13-23-14-17)25-26-22(27)29-15(2)21(28)24-19-12-6-9-16-8-4-5-11-18(16)19/h4-15H,3H2,1-2H3,(H,24,28)/t15-/m0/s1. The molecule has 0 bridgehead atoms. The number of carbonyl (C=O) groups is 1. The van der Waals surface area contributed by atoms with Gasteiger partial charge in [-0.3, -0.25) is 9.78 Å². The third kappa shape index (κ3) is 4.00. The van der Waals surface area contributed by atoms with Gasteiger partial charge in [-0.15, -0.1) is 10.2 Å². The summed E-state index contributed by atoms with van der Waals surface area (Å²) < 4.78 is 2.00. The van der Waals surface area contributed by atoms with E-state index >= 15 is 0 Å². The predicted octanol–water partition coefficient (Wildman–Crippen LogP) is 4.63. The zero-order valence-electron chi connectivity index (χ0n) is 16.2. The van der Waals surface area contributed by atoms with Gasteiger partial charge in [-0.05, 0) is 37.4 Å². The van der Waals surface area contributed by atoms with Crippen LogP contribution in [0.3, 0.4) is 0 Å². The quantitative estimate of drug-likeness (QED) is 0.475. The second kappa shape index (κ2) is 8.45. The number of benzene rings is 2. The Hall–Kier alpha value is -3.19. The molecule has 29 heavy (non-hydrogen) atoms. The maximum atomic E-state index is 12.8. The van der Waals surface area contributed by atoms with Gasteiger partial charge in [0, 0.05) is 35.6 Å². The Morgan fingerprint density at radius 1 is 1.10 bits per heavy atom. The first-order chi connectivity index (χ1) is 14.2. The summed E-state index contributed by atoms with van der Waals surface area (Å²) in [5.74, 6) is 0.685. The first-order valence-electron chi connectivity index (χ1n) is 9.46. The number of thioether (sulfide) groups is 1. The molecule has 0 spiro atoms. The summed E-state index contributed by atoms with van der Waals surface area (Å²) in [6, 6.07) is 17.7. The van der Waals surface area contributed by atoms with Crippen LogP contribution in [0.5, 0.6) is 0 Å². The van der Waals surface area contributed by atoms with Gasteiger partial charge in [0.15, 0.2) is 11.0 Å². The molecular weight excluding hydrogens is 382 g/mol. The summed E-state index contributed by atoms with van der Waals surface area (Å²) in [6.07, 6.45) is 3.49. The number of anilines is 1. The van der Waals surface area contributed by atoms with E-state index in [4.69, 9.17) is 0 Å². The largest absolute Gasteiger partial charge is 0.325 e. The van der Waals surface area contributed by atoms with Crippen molar-refractivity contribution < 1.29 is 4.79 Å². The molecule has 0 saturated heterocycles. The van der Waals surface area contributed by atoms with Crippen LogP contribution in [0, 0.1) is 0 Å². The van der Waals surface area contributed by atoms with E-state index in [1.165, 1.54) is 11.8 Å². The first kappa shape index (κ1) is 19.1. The van der Waals surface area contributed by atoms with Crippen molar-refractivity contribution in [3.63, 3.8) is 0 Å². The number of nitrogens with one attached hydrogen (secondary N) is 1. The Kier molecular flexibility index (Phi) is 5.57. The molecule has 1 atom stereocenters. The molecule has 4 rings (SSSR count). The van der Waals surface area contributed by atoms with E-state index < -0.39 is 0 Å². The highest BCUT2D eigenvalue weighted by atomic mass is 32.2. The zero-order chi connectivity index (χ0) is 20.2. The number of amides is 1. The number of pyridine rings is 1. The number of aromatic nitrogens is 4. The molecule has 0 unspecified atom stereocenters. The fourth-order valence-electron chi connectivity index (χ4n) is 3.15. The summed E-state index contributed by atoms with van der Waals surface area (Å²) in [4.78, 5) is 17.0. The summed E-state index contributed by atoms with van der Waals surface area (Å²) in [7, 11) is 0. The van der Waals surface area contributed by atoms with E-state index in [0.717, 1.165) is 27.8 Å². The van der Waals surface area contributed by atoms with Crippen LogP contribution < -0.4 is 5.32 Å². The molecule has 0 radical (unpaired) electrons. The van der Waals surface area contributed by atoms with Crippen LogP contribution in [0.25, 0.3) is 22.2 Å². The van der Waals surface area contributed by atoms with Crippen LogP contribution in [0.4, 0.5) is 5.69 Å². The fourth-order valence-corrected chi connectivity index (χ4v) is 4.06. The molecule has 146 valence electrons. The zero-order valence-corrected chi connectivity index (χ0v) is 17.1. The number of fused-ring (bicyclic) bond motifs is 1. The lowest BCUT2D eigenvalue weighted by molar-refractivity contribution is -0.115. The van der Waals surface area contributed by atoms with Gasteiger partial charge in [0.1, 0.15) is 0 Å². The lowest BCUT2D eigenvalue weighted by Gasteiger charge is -2.14. The fraction of sp³-hybridized carbons (Fsp3) is 0.182. The summed E-state index contributed by atoms with van der Waals surface area (Å²) in [6.45, 7) is 4.62. The van der Waals surface area contributed by atoms with Crippen LogP contribution in [0.2, 0.25) is 0 Å². The predicted molar refractivity (Wildman–Crippen MR) is 117 cm³/mol. The summed E-state index contributed by atoms with van der Waals surface area (Å²) >= 11 is 1.40. The maximum Gasteiger partial charge on any atom is 0.237 e. The van der Waals surface area contributed by atoms with Crippen molar-refractivity contribution in [2.24, 2.45) is 0 Å². The topological polar surface area (TPSA) is 72.7 Å². The Labute approximate surface area is 173 Å². The van der Waals surface area contributed by atoms with Gasteiger partial charge in [-0.25, -0.2) is 0 Å². The molecule has 1 amide bonds. The molecule has 7 heteroatoms. The van der Waals surface area contributed by atoms with Crippen LogP contribution in [-0.2, 0) is 11.3 Å². The third-order valence-electron chi connectivity index (χ3n) is 4.65. The van der Waals surface area contributed by atoms with E-state index in [-0.39, 0.29) is 11.2 Å². The van der Waals surface area contributed by atoms with Crippen LogP contribution in [0.1, 0.15) is 13.8 Å². The van der Waals surface area contributed by atoms with Crippen molar-refractivity contribution in [2.75, 3.05) is 5.32 Å². The van der Waals surface area contributed by atoms with Crippen LogP contribution in [0.15, 0.2) is 72.1 Å². The number of nitrogens with zero attached hydrogens (tertiary/aromatic N) is 4. The second-order valence-corrected chi connectivity index (χ2v) is 7.88. The summed E-state index contributed by atoms with van der Waals surface area (Å²) in [5, 5.41) is 14.2. The van der Waals surface area contributed by atoms with Crippen molar-refractivity contribution in [1.29, 1.82) is 0 Å². The maximum absolute atomic E-state index is 12.8. The van der Waals surface area contributed by atoms with Gasteiger partial charge in [-0.2, -0.15) is 0 Å². The number of rotatable bonds is 6. The van der Waals surface area contributed by atoms with Gasteiger partial charge in [0.2, 0.25) is 5.91 Å². The SMILES string of the molecule is CCn1c(S[C@@H](C)C(=O)Nc2cccc3ccccc23)nnc1-c1cccnc1. The van der Waals surface area contributed by atoms with E-state index in [0.29, 0.717) is 11.7 Å². The van der Waals surface area contributed by atoms with Crippen LogP contribution in [-0.4, -0.2) is 30.9 Å². The highest BCUT2D eigenvalue weighted by Crippen LogP contribution is 2.28. The van der Waals surface area contributed by atoms with Gasteiger partial charge in [0.25, 0.3) is 0 Å². The molecule has 2 aromatic heterocycles. The summed E-state index contributed by atoms with van der Waals surface area (Å²) in [5.41, 5.74) is 1.72. The lowest BCUT2D eigenvalue weighted by atomic mass is 10.1. The first-order valence-corrected chi connectivity index (χ1v) is 10.3. The number of carbonyl (C=O) groups excluding carboxylic acids is 1. The highest BCUT2D eigenvalue weighted by molar-refractivity contribution is 8.00. The third-order valence-corrected chi connectivity index (χ3v) is 5.73. The van der Waals surface area contributed by atoms with Crippen molar-refractivity contribution in [3.8, 4) is 11.4 Å². The van der Waals surface area contributed by atoms with E-state index in [9.17, 15) is 4.79 Å². The van der Waals surface area contributed by atoms with Gasteiger partial charge in [0.05, 0.1) is 5.25 Å². The Bertz CT molecular complexity index is 1140. The molecule has 0 aliphatic heterocycles. The van der Waals surface area contributed by atoms with E-state index in [2.05, 4.69) is 20.5 Å². The molecule has 0 saturated carbocycles.